The van der Waals surface area contributed by atoms with Crippen LogP contribution in [0.15, 0.2) is 29.4 Å². The topological polar surface area (TPSA) is 70.8 Å². The van der Waals surface area contributed by atoms with Crippen LogP contribution < -0.4 is 5.11 Å². The first kappa shape index (κ1) is 13.9. The van der Waals surface area contributed by atoms with Crippen molar-refractivity contribution in [1.82, 2.24) is 14.8 Å². The van der Waals surface area contributed by atoms with E-state index < -0.39 is 5.97 Å². The van der Waals surface area contributed by atoms with E-state index in [1.54, 1.807) is 12.1 Å². The largest absolute Gasteiger partial charge is 0.549 e. The van der Waals surface area contributed by atoms with Gasteiger partial charge < -0.3 is 14.5 Å². The highest BCUT2D eigenvalue weighted by molar-refractivity contribution is 7.99. The van der Waals surface area contributed by atoms with E-state index in [2.05, 4.69) is 10.2 Å². The van der Waals surface area contributed by atoms with Crippen molar-refractivity contribution in [3.8, 4) is 11.4 Å². The van der Waals surface area contributed by atoms with Gasteiger partial charge in [0.05, 0.1) is 5.97 Å². The van der Waals surface area contributed by atoms with Gasteiger partial charge in [0.15, 0.2) is 11.0 Å². The van der Waals surface area contributed by atoms with E-state index in [-0.39, 0.29) is 5.75 Å². The van der Waals surface area contributed by atoms with Gasteiger partial charge in [0.25, 0.3) is 0 Å². The van der Waals surface area contributed by atoms with Crippen LogP contribution in [0, 0.1) is 0 Å². The SMILES string of the molecule is CCn1c(SCC(=O)[O-])nnc1-c1ccc(Cl)cc1. The molecule has 0 spiro atoms. The second-order valence-electron chi connectivity index (χ2n) is 3.72. The van der Waals surface area contributed by atoms with E-state index in [1.165, 1.54) is 0 Å². The summed E-state index contributed by atoms with van der Waals surface area (Å²) in [5.74, 6) is -0.567. The minimum Gasteiger partial charge on any atom is -0.549 e. The Bertz CT molecular complexity index is 583. The average molecular weight is 297 g/mol. The highest BCUT2D eigenvalue weighted by atomic mass is 35.5. The number of halogens is 1. The van der Waals surface area contributed by atoms with Crippen LogP contribution in [-0.2, 0) is 11.3 Å². The number of hydrogen-bond acceptors (Lipinski definition) is 5. The van der Waals surface area contributed by atoms with Crippen molar-refractivity contribution in [3.63, 3.8) is 0 Å². The lowest BCUT2D eigenvalue weighted by Gasteiger charge is -2.07. The number of thioether (sulfide) groups is 1. The molecule has 5 nitrogen and oxygen atoms in total. The smallest absolute Gasteiger partial charge is 0.191 e. The van der Waals surface area contributed by atoms with E-state index in [0.29, 0.717) is 22.5 Å². The number of carboxylic acid groups (broad SMARTS) is 1. The van der Waals surface area contributed by atoms with Gasteiger partial charge in [0, 0.05) is 22.9 Å². The highest BCUT2D eigenvalue weighted by Gasteiger charge is 2.12. The van der Waals surface area contributed by atoms with Crippen molar-refractivity contribution in [3.05, 3.63) is 29.3 Å². The van der Waals surface area contributed by atoms with Gasteiger partial charge in [0.1, 0.15) is 0 Å². The number of carbonyl (C=O) groups excluding carboxylic acids is 1. The zero-order chi connectivity index (χ0) is 13.8. The summed E-state index contributed by atoms with van der Waals surface area (Å²) in [6, 6.07) is 7.26. The standard InChI is InChI=1S/C12H12ClN3O2S/c1-2-16-11(8-3-5-9(13)6-4-8)14-15-12(16)19-7-10(17)18/h3-6H,2,7H2,1H3,(H,17,18)/p-1. The van der Waals surface area contributed by atoms with Gasteiger partial charge in [-0.1, -0.05) is 23.4 Å². The van der Waals surface area contributed by atoms with Crippen LogP contribution in [0.25, 0.3) is 11.4 Å². The zero-order valence-electron chi connectivity index (χ0n) is 10.2. The molecule has 0 fully saturated rings. The molecule has 0 aliphatic heterocycles. The minimum absolute atomic E-state index is 0.140. The lowest BCUT2D eigenvalue weighted by molar-refractivity contribution is -0.301. The van der Waals surface area contributed by atoms with Crippen LogP contribution in [0.2, 0.25) is 5.02 Å². The number of aromatic nitrogens is 3. The quantitative estimate of drug-likeness (QED) is 0.781. The first-order valence-electron chi connectivity index (χ1n) is 5.63. The Hall–Kier alpha value is -1.53. The van der Waals surface area contributed by atoms with Crippen LogP contribution in [-0.4, -0.2) is 26.5 Å². The molecule has 19 heavy (non-hydrogen) atoms. The summed E-state index contributed by atoms with van der Waals surface area (Å²) < 4.78 is 1.86. The van der Waals surface area contributed by atoms with Crippen molar-refractivity contribution in [1.29, 1.82) is 0 Å². The second kappa shape index (κ2) is 6.08. The Morgan fingerprint density at radius 2 is 2.05 bits per heavy atom. The average Bonchev–Trinajstić information content (AvgIpc) is 2.80. The van der Waals surface area contributed by atoms with E-state index in [0.717, 1.165) is 17.3 Å². The van der Waals surface area contributed by atoms with E-state index in [9.17, 15) is 9.90 Å². The van der Waals surface area contributed by atoms with Crippen LogP contribution >= 0.6 is 23.4 Å². The summed E-state index contributed by atoms with van der Waals surface area (Å²) in [6.45, 7) is 2.60. The Morgan fingerprint density at radius 3 is 2.63 bits per heavy atom. The third-order valence-electron chi connectivity index (χ3n) is 2.45. The molecule has 1 aromatic heterocycles. The molecule has 0 radical (unpaired) electrons. The second-order valence-corrected chi connectivity index (χ2v) is 5.10. The fourth-order valence-electron chi connectivity index (χ4n) is 1.62. The van der Waals surface area contributed by atoms with E-state index in [4.69, 9.17) is 11.6 Å². The van der Waals surface area contributed by atoms with Crippen molar-refractivity contribution in [2.24, 2.45) is 0 Å². The molecule has 0 aliphatic rings. The molecule has 0 amide bonds. The number of carboxylic acids is 1. The molecule has 0 bridgehead atoms. The number of benzene rings is 1. The van der Waals surface area contributed by atoms with Gasteiger partial charge in [0.2, 0.25) is 0 Å². The fourth-order valence-corrected chi connectivity index (χ4v) is 2.46. The maximum Gasteiger partial charge on any atom is 0.191 e. The van der Waals surface area contributed by atoms with Gasteiger partial charge in [-0.2, -0.15) is 0 Å². The Labute approximate surface area is 119 Å². The molecule has 0 atom stereocenters. The summed E-state index contributed by atoms with van der Waals surface area (Å²) in [5.41, 5.74) is 0.888. The van der Waals surface area contributed by atoms with Gasteiger partial charge in [-0.05, 0) is 31.2 Å². The fraction of sp³-hybridized carbons (Fsp3) is 0.250. The third-order valence-corrected chi connectivity index (χ3v) is 3.65. The Kier molecular flexibility index (Phi) is 4.44. The first-order chi connectivity index (χ1) is 9.11. The normalized spacial score (nSPS) is 10.6. The van der Waals surface area contributed by atoms with Gasteiger partial charge in [-0.25, -0.2) is 0 Å². The molecule has 0 saturated carbocycles. The molecule has 0 N–H and O–H groups in total. The maximum atomic E-state index is 10.5. The van der Waals surface area contributed by atoms with E-state index in [1.807, 2.05) is 23.6 Å². The first-order valence-corrected chi connectivity index (χ1v) is 7.00. The molecule has 0 saturated heterocycles. The molecular formula is C12H11ClN3O2S-. The zero-order valence-corrected chi connectivity index (χ0v) is 11.7. The summed E-state index contributed by atoms with van der Waals surface area (Å²) in [6.07, 6.45) is 0. The Morgan fingerprint density at radius 1 is 1.37 bits per heavy atom. The number of nitrogens with zero attached hydrogens (tertiary/aromatic N) is 3. The van der Waals surface area contributed by atoms with Crippen LogP contribution in [0.1, 0.15) is 6.92 Å². The molecule has 0 aliphatic carbocycles. The van der Waals surface area contributed by atoms with Crippen molar-refractivity contribution in [2.75, 3.05) is 5.75 Å². The summed E-state index contributed by atoms with van der Waals surface area (Å²) in [4.78, 5) is 10.5. The van der Waals surface area contributed by atoms with Crippen LogP contribution in [0.3, 0.4) is 0 Å². The summed E-state index contributed by atoms with van der Waals surface area (Å²) in [5, 5.41) is 19.8. The van der Waals surface area contributed by atoms with Crippen LogP contribution in [0.5, 0.6) is 0 Å². The predicted octanol–water partition coefficient (Wildman–Crippen LogP) is 1.46. The molecular weight excluding hydrogens is 286 g/mol. The monoisotopic (exact) mass is 296 g/mol. The Balaban J connectivity index is 2.31. The molecule has 2 aromatic rings. The van der Waals surface area contributed by atoms with Crippen molar-refractivity contribution < 1.29 is 9.90 Å². The molecule has 1 aromatic carbocycles. The summed E-state index contributed by atoms with van der Waals surface area (Å²) >= 11 is 6.94. The lowest BCUT2D eigenvalue weighted by Crippen LogP contribution is -2.24. The van der Waals surface area contributed by atoms with E-state index >= 15 is 0 Å². The maximum absolute atomic E-state index is 10.5. The van der Waals surface area contributed by atoms with Gasteiger partial charge in [-0.3, -0.25) is 0 Å². The molecule has 0 unspecified atom stereocenters. The molecule has 100 valence electrons. The number of hydrogen-bond donors (Lipinski definition) is 0. The number of rotatable bonds is 5. The highest BCUT2D eigenvalue weighted by Crippen LogP contribution is 2.24. The number of carbonyl (C=O) groups is 1. The van der Waals surface area contributed by atoms with Crippen molar-refractivity contribution in [2.45, 2.75) is 18.6 Å². The minimum atomic E-state index is -1.12. The van der Waals surface area contributed by atoms with Crippen LogP contribution in [0.4, 0.5) is 0 Å². The molecule has 7 heteroatoms. The summed E-state index contributed by atoms with van der Waals surface area (Å²) in [7, 11) is 0. The lowest BCUT2D eigenvalue weighted by atomic mass is 10.2. The molecule has 2 rings (SSSR count). The van der Waals surface area contributed by atoms with Gasteiger partial charge in [-0.15, -0.1) is 10.2 Å². The number of aliphatic carboxylic acids is 1. The van der Waals surface area contributed by atoms with Gasteiger partial charge >= 0.3 is 0 Å². The van der Waals surface area contributed by atoms with Crippen molar-refractivity contribution >= 4 is 29.3 Å². The predicted molar refractivity (Wildman–Crippen MR) is 71.9 cm³/mol. The third kappa shape index (κ3) is 3.27. The molecule has 1 heterocycles.